The lowest BCUT2D eigenvalue weighted by molar-refractivity contribution is -0.125. The lowest BCUT2D eigenvalue weighted by atomic mass is 9.94. The molecule has 4 heteroatoms. The van der Waals surface area contributed by atoms with Crippen molar-refractivity contribution < 1.29 is 9.53 Å². The van der Waals surface area contributed by atoms with E-state index in [-0.39, 0.29) is 30.0 Å². The Morgan fingerprint density at radius 1 is 1.35 bits per heavy atom. The van der Waals surface area contributed by atoms with Gasteiger partial charge in [0.05, 0.1) is 12.0 Å². The van der Waals surface area contributed by atoms with Gasteiger partial charge in [0.2, 0.25) is 5.91 Å². The van der Waals surface area contributed by atoms with Crippen LogP contribution < -0.4 is 11.1 Å². The Morgan fingerprint density at radius 2 is 2.05 bits per heavy atom. The first-order chi connectivity index (χ1) is 9.61. The van der Waals surface area contributed by atoms with Gasteiger partial charge in [-0.25, -0.2) is 0 Å². The quantitative estimate of drug-likeness (QED) is 0.864. The van der Waals surface area contributed by atoms with E-state index in [1.165, 1.54) is 0 Å². The zero-order chi connectivity index (χ0) is 14.5. The molecule has 1 aromatic carbocycles. The number of rotatable bonds is 5. The zero-order valence-electron chi connectivity index (χ0n) is 12.2. The van der Waals surface area contributed by atoms with E-state index in [4.69, 9.17) is 10.5 Å². The Labute approximate surface area is 120 Å². The van der Waals surface area contributed by atoms with Gasteiger partial charge in [-0.05, 0) is 24.8 Å². The van der Waals surface area contributed by atoms with E-state index in [0.29, 0.717) is 0 Å². The van der Waals surface area contributed by atoms with E-state index in [9.17, 15) is 4.79 Å². The third kappa shape index (κ3) is 3.58. The van der Waals surface area contributed by atoms with Crippen molar-refractivity contribution in [2.24, 2.45) is 11.7 Å². The molecular formula is C16H24N2O2. The van der Waals surface area contributed by atoms with Crippen LogP contribution in [0.4, 0.5) is 0 Å². The molecule has 20 heavy (non-hydrogen) atoms. The number of carbonyl (C=O) groups excluding carboxylic acids is 1. The molecule has 1 fully saturated rings. The van der Waals surface area contributed by atoms with Crippen molar-refractivity contribution >= 4 is 5.91 Å². The summed E-state index contributed by atoms with van der Waals surface area (Å²) in [4.78, 5) is 12.3. The Balaban J connectivity index is 1.89. The van der Waals surface area contributed by atoms with Gasteiger partial charge in [0.15, 0.2) is 0 Å². The Bertz CT molecular complexity index is 435. The molecule has 1 saturated carbocycles. The van der Waals surface area contributed by atoms with Crippen LogP contribution in [-0.4, -0.2) is 25.2 Å². The van der Waals surface area contributed by atoms with Crippen molar-refractivity contribution in [3.63, 3.8) is 0 Å². The first-order valence-corrected chi connectivity index (χ1v) is 7.25. The highest BCUT2D eigenvalue weighted by Gasteiger charge is 2.29. The number of amides is 1. The second-order valence-corrected chi connectivity index (χ2v) is 5.60. The summed E-state index contributed by atoms with van der Waals surface area (Å²) in [6.07, 6.45) is 3.17. The predicted octanol–water partition coefficient (Wildman–Crippen LogP) is 2.01. The standard InChI is InChI=1S/C16H24N2O2/c1-11(15(17)12-6-4-3-5-7-12)16(19)18-13-8-9-14(10-13)20-2/h3-7,11,13-15H,8-10,17H2,1-2H3,(H,18,19). The van der Waals surface area contributed by atoms with E-state index < -0.39 is 0 Å². The van der Waals surface area contributed by atoms with Gasteiger partial charge in [-0.3, -0.25) is 4.79 Å². The fourth-order valence-corrected chi connectivity index (χ4v) is 2.74. The summed E-state index contributed by atoms with van der Waals surface area (Å²) in [5, 5.41) is 3.09. The number of ether oxygens (including phenoxy) is 1. The molecule has 1 amide bonds. The molecule has 0 radical (unpaired) electrons. The second kappa shape index (κ2) is 6.86. The minimum atomic E-state index is -0.268. The number of nitrogens with one attached hydrogen (secondary N) is 1. The van der Waals surface area contributed by atoms with Crippen molar-refractivity contribution in [2.75, 3.05) is 7.11 Å². The Kier molecular flexibility index (Phi) is 5.15. The lowest BCUT2D eigenvalue weighted by Gasteiger charge is -2.22. The zero-order valence-corrected chi connectivity index (χ0v) is 12.2. The molecule has 4 nitrogen and oxygen atoms in total. The molecule has 0 heterocycles. The average Bonchev–Trinajstić information content (AvgIpc) is 2.94. The molecule has 0 saturated heterocycles. The largest absolute Gasteiger partial charge is 0.381 e. The summed E-state index contributed by atoms with van der Waals surface area (Å²) in [5.41, 5.74) is 7.18. The van der Waals surface area contributed by atoms with Crippen molar-refractivity contribution in [1.82, 2.24) is 5.32 Å². The molecule has 3 N–H and O–H groups in total. The molecule has 0 aliphatic heterocycles. The number of hydrogen-bond acceptors (Lipinski definition) is 3. The van der Waals surface area contributed by atoms with Gasteiger partial charge in [-0.1, -0.05) is 37.3 Å². The van der Waals surface area contributed by atoms with Crippen LogP contribution >= 0.6 is 0 Å². The van der Waals surface area contributed by atoms with E-state index >= 15 is 0 Å². The van der Waals surface area contributed by atoms with E-state index in [2.05, 4.69) is 5.32 Å². The summed E-state index contributed by atoms with van der Waals surface area (Å²) in [6.45, 7) is 1.88. The lowest BCUT2D eigenvalue weighted by Crippen LogP contribution is -2.40. The van der Waals surface area contributed by atoms with Crippen molar-refractivity contribution in [3.05, 3.63) is 35.9 Å². The highest BCUT2D eigenvalue weighted by molar-refractivity contribution is 5.79. The minimum Gasteiger partial charge on any atom is -0.381 e. The fourth-order valence-electron chi connectivity index (χ4n) is 2.74. The third-order valence-corrected chi connectivity index (χ3v) is 4.20. The Morgan fingerprint density at radius 3 is 2.65 bits per heavy atom. The fraction of sp³-hybridized carbons (Fsp3) is 0.562. The molecule has 1 aliphatic carbocycles. The Hall–Kier alpha value is -1.39. The highest BCUT2D eigenvalue weighted by atomic mass is 16.5. The van der Waals surface area contributed by atoms with Gasteiger partial charge >= 0.3 is 0 Å². The molecular weight excluding hydrogens is 252 g/mol. The normalized spacial score (nSPS) is 25.1. The summed E-state index contributed by atoms with van der Waals surface area (Å²) >= 11 is 0. The average molecular weight is 276 g/mol. The van der Waals surface area contributed by atoms with Crippen LogP contribution in [0.2, 0.25) is 0 Å². The van der Waals surface area contributed by atoms with Crippen LogP contribution in [-0.2, 0) is 9.53 Å². The predicted molar refractivity (Wildman–Crippen MR) is 79.1 cm³/mol. The maximum Gasteiger partial charge on any atom is 0.224 e. The van der Waals surface area contributed by atoms with Crippen molar-refractivity contribution in [3.8, 4) is 0 Å². The van der Waals surface area contributed by atoms with E-state index in [1.807, 2.05) is 37.3 Å². The van der Waals surface area contributed by atoms with Crippen LogP contribution in [0.25, 0.3) is 0 Å². The second-order valence-electron chi connectivity index (χ2n) is 5.60. The van der Waals surface area contributed by atoms with Gasteiger partial charge in [-0.15, -0.1) is 0 Å². The number of nitrogens with two attached hydrogens (primary N) is 1. The molecule has 4 unspecified atom stereocenters. The molecule has 0 spiro atoms. The summed E-state index contributed by atoms with van der Waals surface area (Å²) in [6, 6.07) is 9.72. The first-order valence-electron chi connectivity index (χ1n) is 7.25. The maximum atomic E-state index is 12.3. The van der Waals surface area contributed by atoms with Crippen LogP contribution in [0, 0.1) is 5.92 Å². The van der Waals surface area contributed by atoms with Gasteiger partial charge in [-0.2, -0.15) is 0 Å². The third-order valence-electron chi connectivity index (χ3n) is 4.20. The summed E-state index contributed by atoms with van der Waals surface area (Å²) < 4.78 is 5.32. The molecule has 2 rings (SSSR count). The smallest absolute Gasteiger partial charge is 0.224 e. The van der Waals surface area contributed by atoms with Crippen LogP contribution in [0.1, 0.15) is 37.8 Å². The summed E-state index contributed by atoms with van der Waals surface area (Å²) in [5.74, 6) is -0.206. The van der Waals surface area contributed by atoms with Crippen LogP contribution in [0.3, 0.4) is 0 Å². The van der Waals surface area contributed by atoms with Crippen molar-refractivity contribution in [2.45, 2.75) is 44.4 Å². The molecule has 1 aliphatic rings. The van der Waals surface area contributed by atoms with Crippen LogP contribution in [0.15, 0.2) is 30.3 Å². The topological polar surface area (TPSA) is 64.3 Å². The molecule has 1 aromatic rings. The van der Waals surface area contributed by atoms with Crippen LogP contribution in [0.5, 0.6) is 0 Å². The first kappa shape index (κ1) is 15.0. The maximum absolute atomic E-state index is 12.3. The van der Waals surface area contributed by atoms with Gasteiger partial charge in [0.1, 0.15) is 0 Å². The molecule has 110 valence electrons. The highest BCUT2D eigenvalue weighted by Crippen LogP contribution is 2.23. The number of carbonyl (C=O) groups is 1. The van der Waals surface area contributed by atoms with Gasteiger partial charge in [0, 0.05) is 19.2 Å². The van der Waals surface area contributed by atoms with E-state index in [1.54, 1.807) is 7.11 Å². The monoisotopic (exact) mass is 276 g/mol. The van der Waals surface area contributed by atoms with Crippen molar-refractivity contribution in [1.29, 1.82) is 0 Å². The molecule has 0 aromatic heterocycles. The minimum absolute atomic E-state index is 0.0307. The summed E-state index contributed by atoms with van der Waals surface area (Å²) in [7, 11) is 1.73. The SMILES string of the molecule is COC1CCC(NC(=O)C(C)C(N)c2ccccc2)C1. The molecule has 4 atom stereocenters. The number of methoxy groups -OCH3 is 1. The van der Waals surface area contributed by atoms with Gasteiger partial charge < -0.3 is 15.8 Å². The number of hydrogen-bond donors (Lipinski definition) is 2. The van der Waals surface area contributed by atoms with E-state index in [0.717, 1.165) is 24.8 Å². The molecule has 0 bridgehead atoms. The van der Waals surface area contributed by atoms with Gasteiger partial charge in [0.25, 0.3) is 0 Å². The number of benzene rings is 1.